The molecule has 1 saturated heterocycles. The van der Waals surface area contributed by atoms with Crippen molar-refractivity contribution in [2.45, 2.75) is 25.8 Å². The molecule has 0 spiro atoms. The molecule has 100 valence electrons. The highest BCUT2D eigenvalue weighted by Crippen LogP contribution is 2.24. The van der Waals surface area contributed by atoms with E-state index in [9.17, 15) is 0 Å². The lowest BCUT2D eigenvalue weighted by Crippen LogP contribution is -2.35. The Kier molecular flexibility index (Phi) is 4.87. The van der Waals surface area contributed by atoms with Crippen molar-refractivity contribution < 1.29 is 5.11 Å². The standard InChI is InChI=1S/C14H21ClN2O/c15-14-8-13(16)4-3-12(14)10-17-6-1-2-11(9-17)5-7-18/h3-4,8,11,18H,1-2,5-7,9-10,16H2. The fourth-order valence-corrected chi connectivity index (χ4v) is 2.89. The van der Waals surface area contributed by atoms with Gasteiger partial charge in [-0.15, -0.1) is 0 Å². The number of halogens is 1. The van der Waals surface area contributed by atoms with Crippen LogP contribution in [0.15, 0.2) is 18.2 Å². The first-order chi connectivity index (χ1) is 8.69. The van der Waals surface area contributed by atoms with Crippen LogP contribution in [0.3, 0.4) is 0 Å². The summed E-state index contributed by atoms with van der Waals surface area (Å²) in [6.45, 7) is 3.34. The lowest BCUT2D eigenvalue weighted by Gasteiger charge is -2.32. The first-order valence-corrected chi connectivity index (χ1v) is 6.94. The molecule has 0 saturated carbocycles. The van der Waals surface area contributed by atoms with Gasteiger partial charge in [0, 0.05) is 30.4 Å². The van der Waals surface area contributed by atoms with E-state index in [1.807, 2.05) is 18.2 Å². The van der Waals surface area contributed by atoms with Gasteiger partial charge in [0.25, 0.3) is 0 Å². The molecule has 3 N–H and O–H groups in total. The Bertz CT molecular complexity index is 395. The van der Waals surface area contributed by atoms with Gasteiger partial charge < -0.3 is 10.8 Å². The molecule has 1 atom stereocenters. The quantitative estimate of drug-likeness (QED) is 0.825. The van der Waals surface area contributed by atoms with Gasteiger partial charge in [0.1, 0.15) is 0 Å². The van der Waals surface area contributed by atoms with E-state index in [2.05, 4.69) is 4.90 Å². The highest BCUT2D eigenvalue weighted by atomic mass is 35.5. The molecule has 0 aromatic heterocycles. The van der Waals surface area contributed by atoms with E-state index in [0.29, 0.717) is 18.2 Å². The van der Waals surface area contributed by atoms with Gasteiger partial charge in [-0.2, -0.15) is 0 Å². The lowest BCUT2D eigenvalue weighted by molar-refractivity contribution is 0.142. The van der Waals surface area contributed by atoms with Crippen LogP contribution in [0.1, 0.15) is 24.8 Å². The topological polar surface area (TPSA) is 49.5 Å². The molecular weight excluding hydrogens is 248 g/mol. The highest BCUT2D eigenvalue weighted by Gasteiger charge is 2.19. The second-order valence-corrected chi connectivity index (χ2v) is 5.51. The number of hydrogen-bond donors (Lipinski definition) is 2. The molecule has 0 radical (unpaired) electrons. The van der Waals surface area contributed by atoms with E-state index < -0.39 is 0 Å². The Hall–Kier alpha value is -0.770. The normalized spacial score (nSPS) is 21.1. The number of rotatable bonds is 4. The van der Waals surface area contributed by atoms with Crippen LogP contribution in [-0.2, 0) is 6.54 Å². The average Bonchev–Trinajstić information content (AvgIpc) is 2.34. The van der Waals surface area contributed by atoms with E-state index in [0.717, 1.165) is 36.6 Å². The number of nitrogens with two attached hydrogens (primary N) is 1. The van der Waals surface area contributed by atoms with Crippen LogP contribution in [0.25, 0.3) is 0 Å². The van der Waals surface area contributed by atoms with E-state index in [4.69, 9.17) is 22.4 Å². The van der Waals surface area contributed by atoms with Crippen LogP contribution in [0.2, 0.25) is 5.02 Å². The maximum Gasteiger partial charge on any atom is 0.0471 e. The molecule has 4 heteroatoms. The van der Waals surface area contributed by atoms with Crippen LogP contribution < -0.4 is 5.73 Å². The Balaban J connectivity index is 1.96. The zero-order valence-electron chi connectivity index (χ0n) is 10.6. The Labute approximate surface area is 114 Å². The van der Waals surface area contributed by atoms with Crippen molar-refractivity contribution in [3.8, 4) is 0 Å². The summed E-state index contributed by atoms with van der Waals surface area (Å²) in [6, 6.07) is 5.72. The predicted octanol–water partition coefficient (Wildman–Crippen LogP) is 2.52. The monoisotopic (exact) mass is 268 g/mol. The molecule has 1 fully saturated rings. The van der Waals surface area contributed by atoms with Crippen molar-refractivity contribution in [3.63, 3.8) is 0 Å². The first-order valence-electron chi connectivity index (χ1n) is 6.56. The number of hydrogen-bond acceptors (Lipinski definition) is 3. The molecule has 0 bridgehead atoms. The molecule has 18 heavy (non-hydrogen) atoms. The van der Waals surface area contributed by atoms with E-state index in [-0.39, 0.29) is 0 Å². The Morgan fingerprint density at radius 2 is 2.28 bits per heavy atom. The smallest absolute Gasteiger partial charge is 0.0471 e. The van der Waals surface area contributed by atoms with E-state index in [1.54, 1.807) is 0 Å². The third kappa shape index (κ3) is 3.61. The van der Waals surface area contributed by atoms with Crippen molar-refractivity contribution in [2.75, 3.05) is 25.4 Å². The van der Waals surface area contributed by atoms with Gasteiger partial charge in [0.05, 0.1) is 0 Å². The molecule has 1 aromatic rings. The fraction of sp³-hybridized carbons (Fsp3) is 0.571. The largest absolute Gasteiger partial charge is 0.399 e. The molecular formula is C14H21ClN2O. The number of nitrogen functional groups attached to an aromatic ring is 1. The van der Waals surface area contributed by atoms with Gasteiger partial charge in [-0.05, 0) is 49.4 Å². The number of nitrogens with zero attached hydrogens (tertiary/aromatic N) is 1. The van der Waals surface area contributed by atoms with Crippen LogP contribution in [-0.4, -0.2) is 29.7 Å². The van der Waals surface area contributed by atoms with Gasteiger partial charge in [-0.25, -0.2) is 0 Å². The summed E-state index contributed by atoms with van der Waals surface area (Å²) in [5.41, 5.74) is 7.54. The number of piperidine rings is 1. The molecule has 1 aromatic carbocycles. The predicted molar refractivity (Wildman–Crippen MR) is 75.6 cm³/mol. The van der Waals surface area contributed by atoms with Crippen molar-refractivity contribution >= 4 is 17.3 Å². The second-order valence-electron chi connectivity index (χ2n) is 5.11. The first kappa shape index (κ1) is 13.7. The molecule has 1 heterocycles. The third-order valence-electron chi connectivity index (χ3n) is 3.61. The average molecular weight is 269 g/mol. The number of likely N-dealkylation sites (tertiary alicyclic amines) is 1. The molecule has 2 rings (SSSR count). The minimum absolute atomic E-state index is 0.293. The van der Waals surface area contributed by atoms with Crippen molar-refractivity contribution in [1.29, 1.82) is 0 Å². The molecule has 1 aliphatic heterocycles. The Morgan fingerprint density at radius 1 is 1.44 bits per heavy atom. The number of aliphatic hydroxyl groups is 1. The van der Waals surface area contributed by atoms with Gasteiger partial charge in [0.15, 0.2) is 0 Å². The minimum Gasteiger partial charge on any atom is -0.399 e. The fourth-order valence-electron chi connectivity index (χ4n) is 2.65. The van der Waals surface area contributed by atoms with Crippen molar-refractivity contribution in [3.05, 3.63) is 28.8 Å². The molecule has 3 nitrogen and oxygen atoms in total. The number of benzene rings is 1. The Morgan fingerprint density at radius 3 is 3.00 bits per heavy atom. The zero-order valence-corrected chi connectivity index (χ0v) is 11.4. The van der Waals surface area contributed by atoms with Crippen molar-refractivity contribution in [1.82, 2.24) is 4.90 Å². The van der Waals surface area contributed by atoms with Crippen LogP contribution >= 0.6 is 11.6 Å². The summed E-state index contributed by atoms with van der Waals surface area (Å²) in [4.78, 5) is 2.42. The van der Waals surface area contributed by atoms with Crippen LogP contribution in [0.4, 0.5) is 5.69 Å². The molecule has 0 amide bonds. The zero-order chi connectivity index (χ0) is 13.0. The SMILES string of the molecule is Nc1ccc(CN2CCCC(CCO)C2)c(Cl)c1. The summed E-state index contributed by atoms with van der Waals surface area (Å²) in [7, 11) is 0. The maximum atomic E-state index is 9.02. The highest BCUT2D eigenvalue weighted by molar-refractivity contribution is 6.31. The van der Waals surface area contributed by atoms with E-state index in [1.165, 1.54) is 12.8 Å². The van der Waals surface area contributed by atoms with Crippen LogP contribution in [0.5, 0.6) is 0 Å². The van der Waals surface area contributed by atoms with Gasteiger partial charge in [-0.3, -0.25) is 4.90 Å². The summed E-state index contributed by atoms with van der Waals surface area (Å²) in [5, 5.41) is 9.76. The number of aliphatic hydroxyl groups excluding tert-OH is 1. The summed E-state index contributed by atoms with van der Waals surface area (Å²) >= 11 is 6.20. The minimum atomic E-state index is 0.293. The van der Waals surface area contributed by atoms with Gasteiger partial charge >= 0.3 is 0 Å². The maximum absolute atomic E-state index is 9.02. The third-order valence-corrected chi connectivity index (χ3v) is 3.96. The second kappa shape index (κ2) is 6.41. The van der Waals surface area contributed by atoms with Gasteiger partial charge in [0.2, 0.25) is 0 Å². The van der Waals surface area contributed by atoms with Crippen molar-refractivity contribution in [2.24, 2.45) is 5.92 Å². The summed E-state index contributed by atoms with van der Waals surface area (Å²) in [6.07, 6.45) is 3.34. The molecule has 0 aliphatic carbocycles. The summed E-state index contributed by atoms with van der Waals surface area (Å²) < 4.78 is 0. The molecule has 1 unspecified atom stereocenters. The van der Waals surface area contributed by atoms with E-state index >= 15 is 0 Å². The van der Waals surface area contributed by atoms with Gasteiger partial charge in [-0.1, -0.05) is 17.7 Å². The molecule has 1 aliphatic rings. The lowest BCUT2D eigenvalue weighted by atomic mass is 9.95. The number of anilines is 1. The van der Waals surface area contributed by atoms with Crippen LogP contribution in [0, 0.1) is 5.92 Å². The summed E-state index contributed by atoms with van der Waals surface area (Å²) in [5.74, 6) is 0.622.